The average molecular weight is 492 g/mol. The molecule has 6 nitrogen and oxygen atoms in total. The summed E-state index contributed by atoms with van der Waals surface area (Å²) in [4.78, 5) is 17.5. The van der Waals surface area contributed by atoms with Gasteiger partial charge in [-0.25, -0.2) is 13.4 Å². The Kier molecular flexibility index (Phi) is 6.20. The highest BCUT2D eigenvalue weighted by Gasteiger charge is 2.28. The number of anilines is 1. The first-order valence-electron chi connectivity index (χ1n) is 11.3. The number of thiazole rings is 1. The predicted molar refractivity (Wildman–Crippen MR) is 137 cm³/mol. The first-order valence-corrected chi connectivity index (χ1v) is 13.6. The van der Waals surface area contributed by atoms with Crippen LogP contribution < -0.4 is 5.32 Å². The first kappa shape index (κ1) is 22.7. The van der Waals surface area contributed by atoms with E-state index in [4.69, 9.17) is 0 Å². The van der Waals surface area contributed by atoms with E-state index in [0.29, 0.717) is 29.7 Å². The van der Waals surface area contributed by atoms with Gasteiger partial charge in [-0.1, -0.05) is 43.3 Å². The fraction of sp³-hybridized carbons (Fsp3) is 0.231. The molecule has 0 atom stereocenters. The number of hydrogen-bond acceptors (Lipinski definition) is 5. The van der Waals surface area contributed by atoms with E-state index in [1.807, 2.05) is 23.6 Å². The summed E-state index contributed by atoms with van der Waals surface area (Å²) >= 11 is 1.35. The lowest BCUT2D eigenvalue weighted by Crippen LogP contribution is -2.37. The van der Waals surface area contributed by atoms with Crippen LogP contribution in [0.15, 0.2) is 77.0 Å². The summed E-state index contributed by atoms with van der Waals surface area (Å²) in [6.07, 6.45) is 1.74. The molecular formula is C26H25N3O3S2. The average Bonchev–Trinajstić information content (AvgIpc) is 3.32. The lowest BCUT2D eigenvalue weighted by atomic mass is 10.0. The number of nitrogens with one attached hydrogen (secondary N) is 1. The van der Waals surface area contributed by atoms with Crippen molar-refractivity contribution in [1.82, 2.24) is 9.29 Å². The van der Waals surface area contributed by atoms with Gasteiger partial charge in [0.15, 0.2) is 5.13 Å². The molecule has 0 bridgehead atoms. The SMILES string of the molecule is CC1CCN(S(=O)(=O)c2ccc(C(=O)Nc3nc(-c4ccc5ccccc5c4)cs3)cc2)CC1. The molecule has 1 fully saturated rings. The molecule has 1 amide bonds. The normalized spacial score (nSPS) is 15.4. The molecule has 5 rings (SSSR count). The minimum absolute atomic E-state index is 0.214. The quantitative estimate of drug-likeness (QED) is 0.392. The van der Waals surface area contributed by atoms with Gasteiger partial charge in [0.25, 0.3) is 5.91 Å². The summed E-state index contributed by atoms with van der Waals surface area (Å²) < 4.78 is 27.3. The second-order valence-corrected chi connectivity index (χ2v) is 11.5. The molecule has 1 saturated heterocycles. The van der Waals surface area contributed by atoms with Crippen molar-refractivity contribution >= 4 is 43.2 Å². The van der Waals surface area contributed by atoms with Crippen molar-refractivity contribution in [3.8, 4) is 11.3 Å². The highest BCUT2D eigenvalue weighted by atomic mass is 32.2. The molecule has 0 saturated carbocycles. The highest BCUT2D eigenvalue weighted by molar-refractivity contribution is 7.89. The molecule has 2 heterocycles. The molecule has 0 radical (unpaired) electrons. The fourth-order valence-electron chi connectivity index (χ4n) is 4.13. The summed E-state index contributed by atoms with van der Waals surface area (Å²) in [7, 11) is -3.54. The van der Waals surface area contributed by atoms with Gasteiger partial charge in [0.1, 0.15) is 0 Å². The number of piperidine rings is 1. The maximum atomic E-state index is 12.9. The standard InChI is InChI=1S/C26H25N3O3S2/c1-18-12-14-29(15-13-18)34(31,32)23-10-8-20(9-11-23)25(30)28-26-27-24(17-33-26)22-7-6-19-4-2-3-5-21(19)16-22/h2-11,16-18H,12-15H2,1H3,(H,27,28,30). The van der Waals surface area contributed by atoms with Crippen LogP contribution in [-0.2, 0) is 10.0 Å². The first-order chi connectivity index (χ1) is 16.4. The number of benzene rings is 3. The van der Waals surface area contributed by atoms with Gasteiger partial charge in [-0.3, -0.25) is 10.1 Å². The van der Waals surface area contributed by atoms with Gasteiger partial charge in [-0.2, -0.15) is 4.31 Å². The molecule has 1 aliphatic rings. The van der Waals surface area contributed by atoms with E-state index in [9.17, 15) is 13.2 Å². The van der Waals surface area contributed by atoms with E-state index in [1.165, 1.54) is 27.8 Å². The highest BCUT2D eigenvalue weighted by Crippen LogP contribution is 2.28. The molecule has 1 aromatic heterocycles. The summed E-state index contributed by atoms with van der Waals surface area (Å²) in [6, 6.07) is 20.4. The number of amides is 1. The molecule has 0 aliphatic carbocycles. The molecule has 0 spiro atoms. The van der Waals surface area contributed by atoms with Gasteiger partial charge in [0.2, 0.25) is 10.0 Å². The van der Waals surface area contributed by atoms with E-state index in [0.717, 1.165) is 34.9 Å². The van der Waals surface area contributed by atoms with E-state index >= 15 is 0 Å². The van der Waals surface area contributed by atoms with Crippen molar-refractivity contribution in [2.24, 2.45) is 5.92 Å². The van der Waals surface area contributed by atoms with Crippen LogP contribution in [0.5, 0.6) is 0 Å². The van der Waals surface area contributed by atoms with Crippen LogP contribution in [0.25, 0.3) is 22.0 Å². The molecule has 3 aromatic carbocycles. The molecule has 174 valence electrons. The Labute approximate surface area is 203 Å². The van der Waals surface area contributed by atoms with Gasteiger partial charge in [0, 0.05) is 29.6 Å². The van der Waals surface area contributed by atoms with Gasteiger partial charge >= 0.3 is 0 Å². The van der Waals surface area contributed by atoms with Gasteiger partial charge in [0.05, 0.1) is 10.6 Å². The van der Waals surface area contributed by atoms with Gasteiger partial charge in [-0.15, -0.1) is 11.3 Å². The zero-order valence-corrected chi connectivity index (χ0v) is 20.4. The summed E-state index contributed by atoms with van der Waals surface area (Å²) in [5, 5.41) is 7.52. The van der Waals surface area contributed by atoms with E-state index < -0.39 is 10.0 Å². The topological polar surface area (TPSA) is 79.4 Å². The minimum Gasteiger partial charge on any atom is -0.298 e. The van der Waals surface area contributed by atoms with Crippen molar-refractivity contribution in [3.63, 3.8) is 0 Å². The number of fused-ring (bicyclic) bond motifs is 1. The summed E-state index contributed by atoms with van der Waals surface area (Å²) in [5.41, 5.74) is 2.16. The molecule has 1 aliphatic heterocycles. The summed E-state index contributed by atoms with van der Waals surface area (Å²) in [5.74, 6) is 0.222. The summed E-state index contributed by atoms with van der Waals surface area (Å²) in [6.45, 7) is 3.22. The second-order valence-electron chi connectivity index (χ2n) is 8.66. The van der Waals surface area contributed by atoms with E-state index in [-0.39, 0.29) is 10.8 Å². The zero-order chi connectivity index (χ0) is 23.7. The number of rotatable bonds is 5. The number of hydrogen-bond donors (Lipinski definition) is 1. The lowest BCUT2D eigenvalue weighted by Gasteiger charge is -2.29. The third kappa shape index (κ3) is 4.61. The second kappa shape index (κ2) is 9.29. The van der Waals surface area contributed by atoms with Crippen LogP contribution in [0.3, 0.4) is 0 Å². The van der Waals surface area contributed by atoms with Crippen molar-refractivity contribution < 1.29 is 13.2 Å². The maximum Gasteiger partial charge on any atom is 0.257 e. The Morgan fingerprint density at radius 2 is 1.71 bits per heavy atom. The Morgan fingerprint density at radius 3 is 2.44 bits per heavy atom. The van der Waals surface area contributed by atoms with Crippen molar-refractivity contribution in [2.45, 2.75) is 24.7 Å². The van der Waals surface area contributed by atoms with Crippen LogP contribution in [0.2, 0.25) is 0 Å². The van der Waals surface area contributed by atoms with Gasteiger partial charge < -0.3 is 0 Å². The third-order valence-electron chi connectivity index (χ3n) is 6.27. The smallest absolute Gasteiger partial charge is 0.257 e. The molecular weight excluding hydrogens is 466 g/mol. The van der Waals surface area contributed by atoms with Crippen LogP contribution in [0, 0.1) is 5.92 Å². The number of carbonyl (C=O) groups excluding carboxylic acids is 1. The molecule has 8 heteroatoms. The maximum absolute atomic E-state index is 12.9. The Bertz CT molecular complexity index is 1440. The van der Waals surface area contributed by atoms with Crippen LogP contribution in [0.1, 0.15) is 30.1 Å². The predicted octanol–water partition coefficient (Wildman–Crippen LogP) is 5.64. The number of aromatic nitrogens is 1. The molecule has 4 aromatic rings. The van der Waals surface area contributed by atoms with Crippen molar-refractivity contribution in [1.29, 1.82) is 0 Å². The molecule has 1 N–H and O–H groups in total. The number of carbonyl (C=O) groups is 1. The monoisotopic (exact) mass is 491 g/mol. The fourth-order valence-corrected chi connectivity index (χ4v) is 6.32. The largest absolute Gasteiger partial charge is 0.298 e. The van der Waals surface area contributed by atoms with E-state index in [1.54, 1.807) is 12.1 Å². The minimum atomic E-state index is -3.54. The third-order valence-corrected chi connectivity index (χ3v) is 8.94. The van der Waals surface area contributed by atoms with E-state index in [2.05, 4.69) is 41.5 Å². The van der Waals surface area contributed by atoms with Gasteiger partial charge in [-0.05, 0) is 59.9 Å². The van der Waals surface area contributed by atoms with Crippen molar-refractivity contribution in [3.05, 3.63) is 77.7 Å². The lowest BCUT2D eigenvalue weighted by molar-refractivity contribution is 0.102. The van der Waals surface area contributed by atoms with Crippen LogP contribution >= 0.6 is 11.3 Å². The van der Waals surface area contributed by atoms with Crippen LogP contribution in [-0.4, -0.2) is 36.7 Å². The molecule has 34 heavy (non-hydrogen) atoms. The molecule has 0 unspecified atom stereocenters. The Morgan fingerprint density at radius 1 is 1.00 bits per heavy atom. The Balaban J connectivity index is 1.28. The Hall–Kier alpha value is -3.07. The number of sulfonamides is 1. The van der Waals surface area contributed by atoms with Crippen LogP contribution in [0.4, 0.5) is 5.13 Å². The zero-order valence-electron chi connectivity index (χ0n) is 18.8. The van der Waals surface area contributed by atoms with Crippen molar-refractivity contribution in [2.75, 3.05) is 18.4 Å². The number of nitrogens with zero attached hydrogens (tertiary/aromatic N) is 2.